The second kappa shape index (κ2) is 8.97. The van der Waals surface area contributed by atoms with Crippen LogP contribution in [0.1, 0.15) is 17.8 Å². The molecule has 0 fully saturated rings. The van der Waals surface area contributed by atoms with E-state index in [2.05, 4.69) is 27.1 Å². The normalized spacial score (nSPS) is 11.2. The van der Waals surface area contributed by atoms with Crippen LogP contribution >= 0.6 is 35.1 Å². The number of nitrogens with zero attached hydrogens (tertiary/aromatic N) is 2. The summed E-state index contributed by atoms with van der Waals surface area (Å²) >= 11 is 9.07. The fourth-order valence-corrected chi connectivity index (χ4v) is 4.53. The topological polar surface area (TPSA) is 50.8 Å². The van der Waals surface area contributed by atoms with Gasteiger partial charge in [0.25, 0.3) is 0 Å². The summed E-state index contributed by atoms with van der Waals surface area (Å²) in [5.74, 6) is 2.15. The predicted octanol–water partition coefficient (Wildman–Crippen LogP) is 5.43. The summed E-state index contributed by atoms with van der Waals surface area (Å²) in [6.45, 7) is 2.00. The van der Waals surface area contributed by atoms with Crippen molar-refractivity contribution in [1.29, 1.82) is 0 Å². The molecule has 26 heavy (non-hydrogen) atoms. The fraction of sp³-hybridized carbons (Fsp3) is 0.333. The minimum Gasteiger partial charge on any atom is -0.494 e. The zero-order valence-corrected chi connectivity index (χ0v) is 16.9. The number of imidazole rings is 1. The van der Waals surface area contributed by atoms with Crippen LogP contribution in [0, 0.1) is 12.7 Å². The van der Waals surface area contributed by atoms with Crippen molar-refractivity contribution in [2.24, 2.45) is 0 Å². The molecule has 0 spiro atoms. The van der Waals surface area contributed by atoms with E-state index >= 15 is 0 Å². The molecule has 2 heterocycles. The van der Waals surface area contributed by atoms with Crippen LogP contribution in [0.5, 0.6) is 5.75 Å². The highest BCUT2D eigenvalue weighted by molar-refractivity contribution is 7.99. The third-order valence-electron chi connectivity index (χ3n) is 3.62. The van der Waals surface area contributed by atoms with Crippen LogP contribution in [-0.2, 0) is 5.75 Å². The zero-order valence-electron chi connectivity index (χ0n) is 14.5. The second-order valence-corrected chi connectivity index (χ2v) is 8.17. The summed E-state index contributed by atoms with van der Waals surface area (Å²) in [5.41, 5.74) is 3.32. The number of aromatic nitrogens is 3. The first kappa shape index (κ1) is 19.3. The predicted molar refractivity (Wildman–Crippen MR) is 107 cm³/mol. The quantitative estimate of drug-likeness (QED) is 0.304. The molecule has 0 aliphatic heterocycles. The van der Waals surface area contributed by atoms with E-state index in [9.17, 15) is 4.39 Å². The average Bonchev–Trinajstić information content (AvgIpc) is 3.00. The molecule has 3 rings (SSSR count). The van der Waals surface area contributed by atoms with Crippen LogP contribution in [0.3, 0.4) is 0 Å². The lowest BCUT2D eigenvalue weighted by molar-refractivity contribution is 0.387. The number of halogens is 2. The van der Waals surface area contributed by atoms with E-state index in [1.807, 2.05) is 6.92 Å². The lowest BCUT2D eigenvalue weighted by atomic mass is 10.3. The number of alkyl halides is 1. The molecular formula is C18H19ClFN3OS2. The molecule has 0 aliphatic rings. The van der Waals surface area contributed by atoms with Gasteiger partial charge in [-0.15, -0.1) is 23.4 Å². The molecule has 8 heteroatoms. The minimum atomic E-state index is -0.404. The Bertz CT molecular complexity index is 904. The van der Waals surface area contributed by atoms with Crippen LogP contribution < -0.4 is 4.74 Å². The Hall–Kier alpha value is -1.44. The van der Waals surface area contributed by atoms with Gasteiger partial charge in [0.15, 0.2) is 16.7 Å². The van der Waals surface area contributed by atoms with Gasteiger partial charge in [-0.05, 0) is 31.2 Å². The van der Waals surface area contributed by atoms with Gasteiger partial charge in [-0.2, -0.15) is 0 Å². The van der Waals surface area contributed by atoms with Crippen molar-refractivity contribution in [1.82, 2.24) is 15.0 Å². The molecule has 4 nitrogen and oxygen atoms in total. The van der Waals surface area contributed by atoms with Gasteiger partial charge in [0.2, 0.25) is 0 Å². The zero-order chi connectivity index (χ0) is 18.5. The number of ether oxygens (including phenoxy) is 1. The van der Waals surface area contributed by atoms with Gasteiger partial charge >= 0.3 is 0 Å². The molecule has 0 saturated carbocycles. The van der Waals surface area contributed by atoms with Crippen LogP contribution in [-0.4, -0.2) is 33.7 Å². The molecule has 0 radical (unpaired) electrons. The molecule has 138 valence electrons. The number of aromatic amines is 1. The van der Waals surface area contributed by atoms with Gasteiger partial charge in [-0.1, -0.05) is 11.8 Å². The van der Waals surface area contributed by atoms with E-state index in [1.54, 1.807) is 29.6 Å². The molecule has 0 amide bonds. The van der Waals surface area contributed by atoms with Crippen LogP contribution in [0.25, 0.3) is 11.0 Å². The molecule has 0 atom stereocenters. The van der Waals surface area contributed by atoms with Crippen molar-refractivity contribution < 1.29 is 9.13 Å². The van der Waals surface area contributed by atoms with Gasteiger partial charge in [0.1, 0.15) is 0 Å². The monoisotopic (exact) mass is 411 g/mol. The van der Waals surface area contributed by atoms with Crippen molar-refractivity contribution >= 4 is 46.2 Å². The molecule has 0 bridgehead atoms. The molecule has 2 aromatic heterocycles. The first-order valence-corrected chi connectivity index (χ1v) is 10.6. The number of aryl methyl sites for hydroxylation is 1. The van der Waals surface area contributed by atoms with E-state index in [0.29, 0.717) is 22.7 Å². The van der Waals surface area contributed by atoms with Crippen molar-refractivity contribution in [3.63, 3.8) is 0 Å². The molecule has 3 aromatic rings. The third-order valence-corrected chi connectivity index (χ3v) is 5.85. The summed E-state index contributed by atoms with van der Waals surface area (Å²) in [6.07, 6.45) is 0.983. The fourth-order valence-electron chi connectivity index (χ4n) is 2.46. The van der Waals surface area contributed by atoms with Gasteiger partial charge in [0.05, 0.1) is 23.8 Å². The number of fused-ring (bicyclic) bond motifs is 1. The van der Waals surface area contributed by atoms with Crippen molar-refractivity contribution in [2.75, 3.05) is 18.7 Å². The van der Waals surface area contributed by atoms with E-state index < -0.39 is 5.82 Å². The maximum absolute atomic E-state index is 13.8. The van der Waals surface area contributed by atoms with E-state index in [1.165, 1.54) is 18.1 Å². The number of hydrogen-bond donors (Lipinski definition) is 1. The summed E-state index contributed by atoms with van der Waals surface area (Å²) in [7, 11) is 1.44. The van der Waals surface area contributed by atoms with Crippen molar-refractivity contribution in [2.45, 2.75) is 29.1 Å². The average molecular weight is 412 g/mol. The van der Waals surface area contributed by atoms with Crippen LogP contribution in [0.15, 0.2) is 34.3 Å². The Balaban J connectivity index is 1.71. The van der Waals surface area contributed by atoms with Gasteiger partial charge < -0.3 is 9.72 Å². The Morgan fingerprint density at radius 1 is 1.19 bits per heavy atom. The van der Waals surface area contributed by atoms with Gasteiger partial charge in [-0.25, -0.2) is 9.37 Å². The molecular weight excluding hydrogens is 393 g/mol. The number of methoxy groups -OCH3 is 1. The largest absolute Gasteiger partial charge is 0.494 e. The van der Waals surface area contributed by atoms with E-state index in [-0.39, 0.29) is 5.75 Å². The number of H-pyrrole nitrogens is 1. The highest BCUT2D eigenvalue weighted by Crippen LogP contribution is 2.28. The Morgan fingerprint density at radius 2 is 2.04 bits per heavy atom. The number of pyridine rings is 1. The maximum Gasteiger partial charge on any atom is 0.167 e. The molecule has 0 aliphatic carbocycles. The lowest BCUT2D eigenvalue weighted by Crippen LogP contribution is -1.92. The SMILES string of the molecule is COc1cc2nc(SCc3cc(SCCCCl)cc(C)n3)[nH]c2cc1F. The summed E-state index contributed by atoms with van der Waals surface area (Å²) < 4.78 is 18.8. The highest BCUT2D eigenvalue weighted by atomic mass is 35.5. The van der Waals surface area contributed by atoms with E-state index in [4.69, 9.17) is 16.3 Å². The first-order valence-electron chi connectivity index (χ1n) is 8.11. The number of rotatable bonds is 8. The van der Waals surface area contributed by atoms with Crippen molar-refractivity contribution in [3.8, 4) is 5.75 Å². The summed E-state index contributed by atoms with van der Waals surface area (Å²) in [5, 5.41) is 0.729. The summed E-state index contributed by atoms with van der Waals surface area (Å²) in [4.78, 5) is 13.4. The highest BCUT2D eigenvalue weighted by Gasteiger charge is 2.10. The van der Waals surface area contributed by atoms with Gasteiger partial charge in [0, 0.05) is 34.4 Å². The third kappa shape index (κ3) is 4.84. The Morgan fingerprint density at radius 3 is 2.81 bits per heavy atom. The minimum absolute atomic E-state index is 0.194. The molecule has 1 N–H and O–H groups in total. The summed E-state index contributed by atoms with van der Waals surface area (Å²) in [6, 6.07) is 7.19. The van der Waals surface area contributed by atoms with Crippen LogP contribution in [0.4, 0.5) is 4.39 Å². The van der Waals surface area contributed by atoms with E-state index in [0.717, 1.165) is 28.7 Å². The van der Waals surface area contributed by atoms with Crippen molar-refractivity contribution in [3.05, 3.63) is 41.5 Å². The second-order valence-electron chi connectivity index (χ2n) is 5.66. The number of benzene rings is 1. The number of hydrogen-bond acceptors (Lipinski definition) is 5. The van der Waals surface area contributed by atoms with Gasteiger partial charge in [-0.3, -0.25) is 4.98 Å². The molecule has 1 aromatic carbocycles. The Kier molecular flexibility index (Phi) is 6.67. The van der Waals surface area contributed by atoms with Crippen LogP contribution in [0.2, 0.25) is 0 Å². The lowest BCUT2D eigenvalue weighted by Gasteiger charge is -2.06. The standard InChI is InChI=1S/C18H19ClFN3OS2/c1-11-6-13(25-5-3-4-19)7-12(21-11)10-26-18-22-15-8-14(20)17(24-2)9-16(15)23-18/h6-9H,3-5,10H2,1-2H3,(H,22,23). The maximum atomic E-state index is 13.8. The number of thioether (sulfide) groups is 2. The smallest absolute Gasteiger partial charge is 0.167 e. The number of nitrogens with one attached hydrogen (secondary N) is 1. The first-order chi connectivity index (χ1) is 12.6. The molecule has 0 unspecified atom stereocenters. The Labute approximate surface area is 165 Å². The molecule has 0 saturated heterocycles.